The van der Waals surface area contributed by atoms with Crippen LogP contribution in [0.2, 0.25) is 0 Å². The molecule has 0 saturated heterocycles. The Hall–Kier alpha value is -2.70. The molecule has 19 heavy (non-hydrogen) atoms. The van der Waals surface area contributed by atoms with E-state index in [1.165, 1.54) is 19.2 Å². The minimum atomic E-state index is -1.06. The second-order valence-corrected chi connectivity index (χ2v) is 3.84. The van der Waals surface area contributed by atoms with E-state index in [4.69, 9.17) is 5.11 Å². The number of aliphatic carboxylic acids is 1. The highest BCUT2D eigenvalue weighted by molar-refractivity contribution is 6.02. The van der Waals surface area contributed by atoms with Crippen LogP contribution in [0.15, 0.2) is 36.7 Å². The average molecular weight is 260 g/mol. The SMILES string of the molecule is CC(C(=O)O)n1nccc1C(=O)Nc1ccccn1. The van der Waals surface area contributed by atoms with Gasteiger partial charge in [0.15, 0.2) is 0 Å². The summed E-state index contributed by atoms with van der Waals surface area (Å²) in [5.41, 5.74) is 0.167. The van der Waals surface area contributed by atoms with Gasteiger partial charge in [0, 0.05) is 12.4 Å². The summed E-state index contributed by atoms with van der Waals surface area (Å²) in [5.74, 6) is -1.12. The number of hydrogen-bond acceptors (Lipinski definition) is 4. The molecule has 0 bridgehead atoms. The van der Waals surface area contributed by atoms with E-state index < -0.39 is 17.9 Å². The molecule has 0 aliphatic carbocycles. The van der Waals surface area contributed by atoms with Crippen molar-refractivity contribution < 1.29 is 14.7 Å². The molecule has 2 aromatic rings. The van der Waals surface area contributed by atoms with Crippen LogP contribution in [0.1, 0.15) is 23.5 Å². The molecule has 0 radical (unpaired) electrons. The maximum Gasteiger partial charge on any atom is 0.328 e. The summed E-state index contributed by atoms with van der Waals surface area (Å²) in [7, 11) is 0. The zero-order valence-corrected chi connectivity index (χ0v) is 10.1. The van der Waals surface area contributed by atoms with Crippen LogP contribution in [-0.2, 0) is 4.79 Å². The number of anilines is 1. The van der Waals surface area contributed by atoms with Crippen molar-refractivity contribution in [2.24, 2.45) is 0 Å². The summed E-state index contributed by atoms with van der Waals surface area (Å²) in [6, 6.07) is 5.64. The van der Waals surface area contributed by atoms with Gasteiger partial charge in [-0.05, 0) is 25.1 Å². The number of nitrogens with zero attached hydrogens (tertiary/aromatic N) is 3. The fourth-order valence-electron chi connectivity index (χ4n) is 1.52. The van der Waals surface area contributed by atoms with Crippen molar-refractivity contribution in [3.05, 3.63) is 42.4 Å². The first kappa shape index (κ1) is 12.7. The van der Waals surface area contributed by atoms with Crippen LogP contribution in [0, 0.1) is 0 Å². The van der Waals surface area contributed by atoms with Crippen molar-refractivity contribution in [1.82, 2.24) is 14.8 Å². The van der Waals surface area contributed by atoms with E-state index in [0.29, 0.717) is 5.82 Å². The van der Waals surface area contributed by atoms with Crippen LogP contribution in [0.3, 0.4) is 0 Å². The molecular weight excluding hydrogens is 248 g/mol. The van der Waals surface area contributed by atoms with Gasteiger partial charge in [-0.3, -0.25) is 4.79 Å². The quantitative estimate of drug-likeness (QED) is 0.860. The Morgan fingerprint density at radius 1 is 1.32 bits per heavy atom. The van der Waals surface area contributed by atoms with Crippen LogP contribution in [0.4, 0.5) is 5.82 Å². The Morgan fingerprint density at radius 3 is 2.74 bits per heavy atom. The topological polar surface area (TPSA) is 97.1 Å². The zero-order valence-electron chi connectivity index (χ0n) is 10.1. The van der Waals surface area contributed by atoms with Crippen molar-refractivity contribution >= 4 is 17.7 Å². The van der Waals surface area contributed by atoms with Gasteiger partial charge in [0.25, 0.3) is 5.91 Å². The van der Waals surface area contributed by atoms with E-state index in [1.54, 1.807) is 24.4 Å². The third-order valence-corrected chi connectivity index (χ3v) is 2.53. The molecule has 2 aromatic heterocycles. The van der Waals surface area contributed by atoms with Crippen LogP contribution in [0.5, 0.6) is 0 Å². The maximum absolute atomic E-state index is 12.0. The van der Waals surface area contributed by atoms with Crippen LogP contribution in [0.25, 0.3) is 0 Å². The molecular formula is C12H12N4O3. The first-order valence-electron chi connectivity index (χ1n) is 5.58. The number of amides is 1. The molecule has 1 unspecified atom stereocenters. The Bertz CT molecular complexity index is 594. The number of nitrogens with one attached hydrogen (secondary N) is 1. The van der Waals surface area contributed by atoms with E-state index in [-0.39, 0.29) is 5.69 Å². The Kier molecular flexibility index (Phi) is 3.56. The highest BCUT2D eigenvalue weighted by Crippen LogP contribution is 2.11. The molecule has 2 rings (SSSR count). The number of carboxylic acids is 1. The predicted octanol–water partition coefficient (Wildman–Crippen LogP) is 1.18. The molecule has 0 fully saturated rings. The van der Waals surface area contributed by atoms with E-state index in [2.05, 4.69) is 15.4 Å². The monoisotopic (exact) mass is 260 g/mol. The molecule has 0 saturated carbocycles. The van der Waals surface area contributed by atoms with Gasteiger partial charge in [0.05, 0.1) is 0 Å². The standard InChI is InChI=1S/C12H12N4O3/c1-8(12(18)19)16-9(5-7-14-16)11(17)15-10-4-2-3-6-13-10/h2-8H,1H3,(H,18,19)(H,13,15,17). The lowest BCUT2D eigenvalue weighted by atomic mass is 10.3. The van der Waals surface area contributed by atoms with Crippen molar-refractivity contribution in [2.45, 2.75) is 13.0 Å². The minimum Gasteiger partial charge on any atom is -0.480 e. The number of aromatic nitrogens is 3. The highest BCUT2D eigenvalue weighted by Gasteiger charge is 2.21. The van der Waals surface area contributed by atoms with E-state index in [0.717, 1.165) is 4.68 Å². The number of pyridine rings is 1. The van der Waals surface area contributed by atoms with Gasteiger partial charge in [-0.1, -0.05) is 6.07 Å². The molecule has 0 aliphatic rings. The van der Waals surface area contributed by atoms with Gasteiger partial charge in [-0.2, -0.15) is 5.10 Å². The Labute approximate surface area is 108 Å². The first-order valence-corrected chi connectivity index (χ1v) is 5.58. The van der Waals surface area contributed by atoms with E-state index in [9.17, 15) is 9.59 Å². The van der Waals surface area contributed by atoms with Gasteiger partial charge in [0.1, 0.15) is 17.6 Å². The van der Waals surface area contributed by atoms with Crippen LogP contribution < -0.4 is 5.32 Å². The van der Waals surface area contributed by atoms with E-state index >= 15 is 0 Å². The summed E-state index contributed by atoms with van der Waals surface area (Å²) >= 11 is 0. The lowest BCUT2D eigenvalue weighted by molar-refractivity contribution is -0.140. The number of hydrogen-bond donors (Lipinski definition) is 2. The summed E-state index contributed by atoms with van der Waals surface area (Å²) in [6.07, 6.45) is 2.93. The number of carbonyl (C=O) groups is 2. The fourth-order valence-corrected chi connectivity index (χ4v) is 1.52. The zero-order chi connectivity index (χ0) is 13.8. The highest BCUT2D eigenvalue weighted by atomic mass is 16.4. The maximum atomic E-state index is 12.0. The molecule has 0 aliphatic heterocycles. The van der Waals surface area contributed by atoms with Crippen molar-refractivity contribution in [2.75, 3.05) is 5.32 Å². The minimum absolute atomic E-state index is 0.167. The number of rotatable bonds is 4. The smallest absolute Gasteiger partial charge is 0.328 e. The van der Waals surface area contributed by atoms with Crippen molar-refractivity contribution in [1.29, 1.82) is 0 Å². The predicted molar refractivity (Wildman–Crippen MR) is 66.8 cm³/mol. The first-order chi connectivity index (χ1) is 9.09. The Morgan fingerprint density at radius 2 is 2.11 bits per heavy atom. The molecule has 0 aromatic carbocycles. The molecule has 1 amide bonds. The number of carbonyl (C=O) groups excluding carboxylic acids is 1. The molecule has 1 atom stereocenters. The van der Waals surface area contributed by atoms with Crippen LogP contribution in [-0.4, -0.2) is 31.7 Å². The summed E-state index contributed by atoms with van der Waals surface area (Å²) in [5, 5.41) is 15.4. The second-order valence-electron chi connectivity index (χ2n) is 3.84. The third kappa shape index (κ3) is 2.76. The molecule has 2 heterocycles. The normalized spacial score (nSPS) is 11.8. The van der Waals surface area contributed by atoms with Gasteiger partial charge in [-0.25, -0.2) is 14.5 Å². The van der Waals surface area contributed by atoms with Gasteiger partial charge >= 0.3 is 5.97 Å². The summed E-state index contributed by atoms with van der Waals surface area (Å²) in [4.78, 5) is 26.9. The average Bonchev–Trinajstić information content (AvgIpc) is 2.88. The van der Waals surface area contributed by atoms with Gasteiger partial charge in [0.2, 0.25) is 0 Å². The fraction of sp³-hybridized carbons (Fsp3) is 0.167. The van der Waals surface area contributed by atoms with Gasteiger partial charge in [-0.15, -0.1) is 0 Å². The van der Waals surface area contributed by atoms with Crippen LogP contribution >= 0.6 is 0 Å². The second kappa shape index (κ2) is 5.30. The van der Waals surface area contributed by atoms with Gasteiger partial charge < -0.3 is 10.4 Å². The lowest BCUT2D eigenvalue weighted by Gasteiger charge is -2.11. The largest absolute Gasteiger partial charge is 0.480 e. The molecule has 0 spiro atoms. The summed E-state index contributed by atoms with van der Waals surface area (Å²) in [6.45, 7) is 1.45. The van der Waals surface area contributed by atoms with Crippen molar-refractivity contribution in [3.63, 3.8) is 0 Å². The van der Waals surface area contributed by atoms with E-state index in [1.807, 2.05) is 0 Å². The number of carboxylic acid groups (broad SMARTS) is 1. The summed E-state index contributed by atoms with van der Waals surface area (Å²) < 4.78 is 1.15. The molecule has 2 N–H and O–H groups in total. The lowest BCUT2D eigenvalue weighted by Crippen LogP contribution is -2.24. The van der Waals surface area contributed by atoms with Crippen molar-refractivity contribution in [3.8, 4) is 0 Å². The third-order valence-electron chi connectivity index (χ3n) is 2.53. The Balaban J connectivity index is 2.21. The molecule has 7 nitrogen and oxygen atoms in total. The molecule has 98 valence electrons. The molecule has 7 heteroatoms.